The van der Waals surface area contributed by atoms with Crippen LogP contribution in [0.15, 0.2) is 28.1 Å². The van der Waals surface area contributed by atoms with Crippen molar-refractivity contribution in [2.45, 2.75) is 51.5 Å². The second-order valence-electron chi connectivity index (χ2n) is 6.62. The Morgan fingerprint density at radius 3 is 2.69 bits per heavy atom. The smallest absolute Gasteiger partial charge is 0.266 e. The molecule has 1 saturated heterocycles. The molecule has 0 spiro atoms. The summed E-state index contributed by atoms with van der Waals surface area (Å²) in [5.41, 5.74) is 0.828. The zero-order valence-corrected chi connectivity index (χ0v) is 16.2. The fraction of sp³-hybridized carbons (Fsp3) is 0.500. The number of benzene rings is 1. The number of ether oxygens (including phenoxy) is 1. The average molecular weight is 375 g/mol. The number of phenolic OH excluding ortho intramolecular Hbond substituents is 1. The molecule has 1 amide bonds. The number of carbonyl (C=O) groups excluding carboxylic acids is 1. The maximum Gasteiger partial charge on any atom is 0.266 e. The molecular formula is C20H26N2O3S. The van der Waals surface area contributed by atoms with Crippen molar-refractivity contribution in [1.29, 1.82) is 0 Å². The summed E-state index contributed by atoms with van der Waals surface area (Å²) < 4.78 is 5.16. The first-order chi connectivity index (χ1) is 12.6. The van der Waals surface area contributed by atoms with Crippen LogP contribution in [0.2, 0.25) is 0 Å². The van der Waals surface area contributed by atoms with Gasteiger partial charge in [-0.2, -0.15) is 0 Å². The minimum absolute atomic E-state index is 0.0427. The molecule has 0 aromatic heterocycles. The average Bonchev–Trinajstić information content (AvgIpc) is 2.82. The molecule has 2 aliphatic rings. The second kappa shape index (κ2) is 8.62. The van der Waals surface area contributed by atoms with Crippen LogP contribution in [0.1, 0.15) is 51.0 Å². The lowest BCUT2D eigenvalue weighted by Gasteiger charge is -2.26. The maximum absolute atomic E-state index is 13.1. The summed E-state index contributed by atoms with van der Waals surface area (Å²) in [6, 6.07) is 5.35. The molecule has 1 aromatic carbocycles. The Labute approximate surface area is 159 Å². The van der Waals surface area contributed by atoms with Gasteiger partial charge in [-0.1, -0.05) is 31.7 Å². The van der Waals surface area contributed by atoms with E-state index in [1.165, 1.54) is 44.6 Å². The van der Waals surface area contributed by atoms with Gasteiger partial charge in [0.2, 0.25) is 0 Å². The van der Waals surface area contributed by atoms with E-state index in [0.29, 0.717) is 17.2 Å². The summed E-state index contributed by atoms with van der Waals surface area (Å²) in [5.74, 6) is 0.535. The Morgan fingerprint density at radius 2 is 2.04 bits per heavy atom. The molecule has 2 fully saturated rings. The van der Waals surface area contributed by atoms with Gasteiger partial charge in [0.05, 0.1) is 12.0 Å². The van der Waals surface area contributed by atoms with Crippen molar-refractivity contribution in [3.8, 4) is 11.5 Å². The fourth-order valence-electron chi connectivity index (χ4n) is 3.51. The van der Waals surface area contributed by atoms with E-state index in [1.807, 2.05) is 17.9 Å². The van der Waals surface area contributed by atoms with Crippen LogP contribution in [0.4, 0.5) is 0 Å². The lowest BCUT2D eigenvalue weighted by atomic mass is 10.1. The summed E-state index contributed by atoms with van der Waals surface area (Å²) >= 11 is 1.45. The van der Waals surface area contributed by atoms with Gasteiger partial charge in [0.1, 0.15) is 0 Å². The number of thioether (sulfide) groups is 1. The number of amides is 1. The van der Waals surface area contributed by atoms with E-state index in [1.54, 1.807) is 18.2 Å². The van der Waals surface area contributed by atoms with E-state index in [-0.39, 0.29) is 17.7 Å². The number of amidine groups is 1. The van der Waals surface area contributed by atoms with Crippen LogP contribution in [0.25, 0.3) is 6.08 Å². The Bertz CT molecular complexity index is 722. The van der Waals surface area contributed by atoms with Gasteiger partial charge in [-0.15, -0.1) is 0 Å². The van der Waals surface area contributed by atoms with Gasteiger partial charge in [-0.3, -0.25) is 14.7 Å². The lowest BCUT2D eigenvalue weighted by Crippen LogP contribution is -2.39. The molecule has 6 heteroatoms. The maximum atomic E-state index is 13.1. The number of nitrogens with zero attached hydrogens (tertiary/aromatic N) is 2. The predicted molar refractivity (Wildman–Crippen MR) is 107 cm³/mol. The first-order valence-electron chi connectivity index (χ1n) is 9.28. The third kappa shape index (κ3) is 4.06. The minimum atomic E-state index is 0.0427. The molecular weight excluding hydrogens is 348 g/mol. The van der Waals surface area contributed by atoms with Crippen LogP contribution in [-0.4, -0.2) is 40.8 Å². The highest BCUT2D eigenvalue weighted by Gasteiger charge is 2.38. The molecule has 0 radical (unpaired) electrons. The first kappa shape index (κ1) is 18.8. The van der Waals surface area contributed by atoms with E-state index < -0.39 is 0 Å². The SMILES string of the molecule is CCN=C1S/C(=C\c2ccc(O)c(OC)c2)C(=O)N1C1CCCCCC1. The van der Waals surface area contributed by atoms with Gasteiger partial charge < -0.3 is 9.84 Å². The molecule has 5 nitrogen and oxygen atoms in total. The van der Waals surface area contributed by atoms with Gasteiger partial charge in [0.15, 0.2) is 16.7 Å². The summed E-state index contributed by atoms with van der Waals surface area (Å²) in [7, 11) is 1.52. The fourth-order valence-corrected chi connectivity index (χ4v) is 4.61. The molecule has 3 rings (SSSR count). The molecule has 0 unspecified atom stereocenters. The number of aromatic hydroxyl groups is 1. The molecule has 1 heterocycles. The molecule has 1 aliphatic heterocycles. The second-order valence-corrected chi connectivity index (χ2v) is 7.63. The van der Waals surface area contributed by atoms with Crippen LogP contribution < -0.4 is 4.74 Å². The Morgan fingerprint density at radius 1 is 1.31 bits per heavy atom. The Kier molecular flexibility index (Phi) is 6.25. The van der Waals surface area contributed by atoms with E-state index >= 15 is 0 Å². The number of phenols is 1. The third-order valence-corrected chi connectivity index (χ3v) is 5.84. The third-order valence-electron chi connectivity index (χ3n) is 4.82. The normalized spacial score (nSPS) is 22.2. The quantitative estimate of drug-likeness (QED) is 0.626. The molecule has 1 saturated carbocycles. The highest BCUT2D eigenvalue weighted by molar-refractivity contribution is 8.18. The number of hydrogen-bond donors (Lipinski definition) is 1. The van der Waals surface area contributed by atoms with Crippen LogP contribution >= 0.6 is 11.8 Å². The van der Waals surface area contributed by atoms with Gasteiger partial charge in [0, 0.05) is 12.6 Å². The van der Waals surface area contributed by atoms with Crippen molar-refractivity contribution < 1.29 is 14.6 Å². The van der Waals surface area contributed by atoms with Gasteiger partial charge in [-0.25, -0.2) is 0 Å². The van der Waals surface area contributed by atoms with E-state index in [0.717, 1.165) is 23.6 Å². The molecule has 140 valence electrons. The van der Waals surface area contributed by atoms with Crippen LogP contribution in [0.3, 0.4) is 0 Å². The molecule has 1 aliphatic carbocycles. The number of carbonyl (C=O) groups is 1. The van der Waals surface area contributed by atoms with Crippen molar-refractivity contribution in [3.05, 3.63) is 28.7 Å². The summed E-state index contributed by atoms with van der Waals surface area (Å²) in [4.78, 5) is 20.3. The standard InChI is InChI=1S/C20H26N2O3S/c1-3-21-20-22(15-8-6-4-5-7-9-15)19(24)18(26-20)13-14-10-11-16(23)17(12-14)25-2/h10-13,15,23H,3-9H2,1-2H3/b18-13-,21-20?. The summed E-state index contributed by atoms with van der Waals surface area (Å²) in [6.07, 6.45) is 8.81. The lowest BCUT2D eigenvalue weighted by molar-refractivity contribution is -0.123. The molecule has 1 aromatic rings. The topological polar surface area (TPSA) is 62.1 Å². The first-order valence-corrected chi connectivity index (χ1v) is 10.1. The highest BCUT2D eigenvalue weighted by atomic mass is 32.2. The number of aliphatic imine (C=N–C) groups is 1. The minimum Gasteiger partial charge on any atom is -0.504 e. The van der Waals surface area contributed by atoms with Crippen LogP contribution in [0.5, 0.6) is 11.5 Å². The van der Waals surface area contributed by atoms with E-state index in [4.69, 9.17) is 4.74 Å². The Hall–Kier alpha value is -1.95. The monoisotopic (exact) mass is 374 g/mol. The number of hydrogen-bond acceptors (Lipinski definition) is 5. The Balaban J connectivity index is 1.89. The van der Waals surface area contributed by atoms with Crippen molar-refractivity contribution >= 4 is 28.9 Å². The number of rotatable bonds is 4. The van der Waals surface area contributed by atoms with Crippen molar-refractivity contribution in [2.75, 3.05) is 13.7 Å². The van der Waals surface area contributed by atoms with Crippen molar-refractivity contribution in [1.82, 2.24) is 4.90 Å². The molecule has 0 atom stereocenters. The summed E-state index contributed by atoms with van der Waals surface area (Å²) in [6.45, 7) is 2.66. The largest absolute Gasteiger partial charge is 0.504 e. The highest BCUT2D eigenvalue weighted by Crippen LogP contribution is 2.37. The van der Waals surface area contributed by atoms with Crippen LogP contribution in [-0.2, 0) is 4.79 Å². The van der Waals surface area contributed by atoms with Crippen molar-refractivity contribution in [2.24, 2.45) is 4.99 Å². The summed E-state index contributed by atoms with van der Waals surface area (Å²) in [5, 5.41) is 10.6. The molecule has 26 heavy (non-hydrogen) atoms. The number of methoxy groups -OCH3 is 1. The predicted octanol–water partition coefficient (Wildman–Crippen LogP) is 4.42. The van der Waals surface area contributed by atoms with E-state index in [9.17, 15) is 9.90 Å². The zero-order chi connectivity index (χ0) is 18.5. The van der Waals surface area contributed by atoms with E-state index in [2.05, 4.69) is 4.99 Å². The van der Waals surface area contributed by atoms with Gasteiger partial charge in [0.25, 0.3) is 5.91 Å². The van der Waals surface area contributed by atoms with Crippen LogP contribution in [0, 0.1) is 0 Å². The van der Waals surface area contributed by atoms with Gasteiger partial charge in [-0.05, 0) is 55.3 Å². The molecule has 0 bridgehead atoms. The zero-order valence-electron chi connectivity index (χ0n) is 15.4. The van der Waals surface area contributed by atoms with Gasteiger partial charge >= 0.3 is 0 Å². The molecule has 1 N–H and O–H groups in total. The van der Waals surface area contributed by atoms with Crippen molar-refractivity contribution in [3.63, 3.8) is 0 Å².